The molecule has 0 saturated carbocycles. The first-order valence-electron chi connectivity index (χ1n) is 10.2. The average molecular weight is 392 g/mol. The van der Waals surface area contributed by atoms with Crippen molar-refractivity contribution in [3.63, 3.8) is 0 Å². The Labute approximate surface area is 171 Å². The van der Waals surface area contributed by atoms with Crippen molar-refractivity contribution >= 4 is 5.96 Å². The highest BCUT2D eigenvalue weighted by atomic mass is 15.3. The van der Waals surface area contributed by atoms with E-state index in [1.807, 2.05) is 30.2 Å². The molecule has 1 aliphatic rings. The third-order valence-corrected chi connectivity index (χ3v) is 5.41. The third kappa shape index (κ3) is 4.34. The standard InChI is InChI=1S/C22H29N7/c1-16(2)29-14-18-8-9-19(12-20(18)27-29)26-22(23-3)25-13-17-6-4-5-7-21(17)28-11-10-24-15-28/h4-7,10-11,14-16,19H,8-9,12-13H2,1-3H3,(H2,23,25,26). The van der Waals surface area contributed by atoms with E-state index >= 15 is 0 Å². The molecule has 2 heterocycles. The quantitative estimate of drug-likeness (QED) is 0.518. The monoisotopic (exact) mass is 391 g/mol. The van der Waals surface area contributed by atoms with Crippen LogP contribution in [0.2, 0.25) is 0 Å². The molecule has 29 heavy (non-hydrogen) atoms. The number of fused-ring (bicyclic) bond motifs is 1. The maximum Gasteiger partial charge on any atom is 0.191 e. The molecule has 0 aliphatic heterocycles. The Bertz CT molecular complexity index is 969. The minimum absolute atomic E-state index is 0.341. The number of para-hydroxylation sites is 1. The fraction of sp³-hybridized carbons (Fsp3) is 0.409. The summed E-state index contributed by atoms with van der Waals surface area (Å²) >= 11 is 0. The van der Waals surface area contributed by atoms with Crippen molar-refractivity contribution in [2.24, 2.45) is 4.99 Å². The zero-order chi connectivity index (χ0) is 20.2. The van der Waals surface area contributed by atoms with E-state index in [-0.39, 0.29) is 0 Å². The van der Waals surface area contributed by atoms with Gasteiger partial charge in [-0.1, -0.05) is 18.2 Å². The van der Waals surface area contributed by atoms with Gasteiger partial charge in [-0.25, -0.2) is 4.98 Å². The highest BCUT2D eigenvalue weighted by Gasteiger charge is 2.23. The van der Waals surface area contributed by atoms with Gasteiger partial charge in [-0.05, 0) is 43.9 Å². The number of benzene rings is 1. The molecule has 7 heteroatoms. The van der Waals surface area contributed by atoms with Gasteiger partial charge in [0.05, 0.1) is 17.7 Å². The second-order valence-electron chi connectivity index (χ2n) is 7.78. The number of imidazole rings is 1. The molecule has 0 amide bonds. The Morgan fingerprint density at radius 1 is 1.31 bits per heavy atom. The lowest BCUT2D eigenvalue weighted by Crippen LogP contribution is -2.45. The van der Waals surface area contributed by atoms with Gasteiger partial charge in [0.2, 0.25) is 0 Å². The van der Waals surface area contributed by atoms with Crippen LogP contribution in [0.4, 0.5) is 0 Å². The van der Waals surface area contributed by atoms with Crippen LogP contribution in [0, 0.1) is 0 Å². The van der Waals surface area contributed by atoms with Crippen molar-refractivity contribution in [3.8, 4) is 5.69 Å². The van der Waals surface area contributed by atoms with Crippen LogP contribution in [0.5, 0.6) is 0 Å². The van der Waals surface area contributed by atoms with E-state index in [2.05, 4.69) is 63.5 Å². The third-order valence-electron chi connectivity index (χ3n) is 5.41. The van der Waals surface area contributed by atoms with Crippen LogP contribution in [0.3, 0.4) is 0 Å². The molecule has 0 radical (unpaired) electrons. The molecule has 0 fully saturated rings. The lowest BCUT2D eigenvalue weighted by Gasteiger charge is -2.24. The first kappa shape index (κ1) is 19.2. The van der Waals surface area contributed by atoms with E-state index in [1.165, 1.54) is 16.8 Å². The molecule has 4 rings (SSSR count). The summed E-state index contributed by atoms with van der Waals surface area (Å²) in [4.78, 5) is 8.59. The van der Waals surface area contributed by atoms with Crippen LogP contribution in [-0.4, -0.2) is 38.4 Å². The van der Waals surface area contributed by atoms with Crippen molar-refractivity contribution in [3.05, 3.63) is 66.0 Å². The Morgan fingerprint density at radius 2 is 2.17 bits per heavy atom. The van der Waals surface area contributed by atoms with Gasteiger partial charge in [0.1, 0.15) is 0 Å². The van der Waals surface area contributed by atoms with E-state index < -0.39 is 0 Å². The van der Waals surface area contributed by atoms with Gasteiger partial charge in [-0.15, -0.1) is 0 Å². The summed E-state index contributed by atoms with van der Waals surface area (Å²) < 4.78 is 4.11. The smallest absolute Gasteiger partial charge is 0.191 e. The first-order valence-corrected chi connectivity index (χ1v) is 10.2. The summed E-state index contributed by atoms with van der Waals surface area (Å²) in [6, 6.07) is 9.07. The zero-order valence-electron chi connectivity index (χ0n) is 17.3. The van der Waals surface area contributed by atoms with Crippen LogP contribution in [0.15, 0.2) is 54.2 Å². The highest BCUT2D eigenvalue weighted by Crippen LogP contribution is 2.22. The number of nitrogens with one attached hydrogen (secondary N) is 2. The summed E-state index contributed by atoms with van der Waals surface area (Å²) in [6.45, 7) is 5.02. The lowest BCUT2D eigenvalue weighted by atomic mass is 9.94. The number of guanidine groups is 1. The van der Waals surface area contributed by atoms with Crippen molar-refractivity contribution in [2.45, 2.75) is 51.7 Å². The summed E-state index contributed by atoms with van der Waals surface area (Å²) in [6.07, 6.45) is 10.9. The van der Waals surface area contributed by atoms with Crippen molar-refractivity contribution in [1.82, 2.24) is 30.0 Å². The molecule has 1 aliphatic carbocycles. The number of hydrogen-bond donors (Lipinski definition) is 2. The summed E-state index contributed by atoms with van der Waals surface area (Å²) in [5, 5.41) is 11.8. The predicted octanol–water partition coefficient (Wildman–Crippen LogP) is 2.87. The molecular formula is C22H29N7. The zero-order valence-corrected chi connectivity index (χ0v) is 17.3. The second kappa shape index (κ2) is 8.51. The van der Waals surface area contributed by atoms with Gasteiger partial charge >= 0.3 is 0 Å². The Kier molecular flexibility index (Phi) is 5.64. The number of rotatable bonds is 5. The van der Waals surface area contributed by atoms with E-state index in [1.54, 1.807) is 6.20 Å². The van der Waals surface area contributed by atoms with E-state index in [4.69, 9.17) is 5.10 Å². The van der Waals surface area contributed by atoms with Gasteiger partial charge in [-0.3, -0.25) is 9.67 Å². The van der Waals surface area contributed by atoms with Crippen molar-refractivity contribution in [2.75, 3.05) is 7.05 Å². The van der Waals surface area contributed by atoms with Gasteiger partial charge < -0.3 is 15.2 Å². The molecule has 1 atom stereocenters. The number of aryl methyl sites for hydroxylation is 1. The first-order chi connectivity index (χ1) is 14.1. The fourth-order valence-corrected chi connectivity index (χ4v) is 3.78. The fourth-order valence-electron chi connectivity index (χ4n) is 3.78. The summed E-state index contributed by atoms with van der Waals surface area (Å²) in [5.41, 5.74) is 4.90. The molecule has 2 N–H and O–H groups in total. The molecule has 0 bridgehead atoms. The normalized spacial score (nSPS) is 16.7. The van der Waals surface area contributed by atoms with Crippen LogP contribution >= 0.6 is 0 Å². The number of aliphatic imine (C=N–C) groups is 1. The minimum atomic E-state index is 0.341. The maximum atomic E-state index is 4.78. The van der Waals surface area contributed by atoms with Crippen LogP contribution in [0.25, 0.3) is 5.69 Å². The SMILES string of the molecule is CN=C(NCc1ccccc1-n1ccnc1)NC1CCc2cn(C(C)C)nc2C1. The summed E-state index contributed by atoms with van der Waals surface area (Å²) in [7, 11) is 1.82. The number of nitrogens with zero attached hydrogens (tertiary/aromatic N) is 5. The van der Waals surface area contributed by atoms with E-state index in [0.717, 1.165) is 30.9 Å². The largest absolute Gasteiger partial charge is 0.353 e. The molecule has 1 aromatic carbocycles. The highest BCUT2D eigenvalue weighted by molar-refractivity contribution is 5.80. The van der Waals surface area contributed by atoms with Gasteiger partial charge in [0, 0.05) is 50.7 Å². The molecule has 2 aromatic heterocycles. The topological polar surface area (TPSA) is 72.1 Å². The molecular weight excluding hydrogens is 362 g/mol. The van der Waals surface area contributed by atoms with E-state index in [9.17, 15) is 0 Å². The van der Waals surface area contributed by atoms with Gasteiger partial charge in [0.15, 0.2) is 5.96 Å². The van der Waals surface area contributed by atoms with Crippen molar-refractivity contribution < 1.29 is 0 Å². The molecule has 1 unspecified atom stereocenters. The van der Waals surface area contributed by atoms with Crippen LogP contribution in [0.1, 0.15) is 43.1 Å². The predicted molar refractivity (Wildman–Crippen MR) is 115 cm³/mol. The Morgan fingerprint density at radius 3 is 2.93 bits per heavy atom. The Hall–Kier alpha value is -3.09. The van der Waals surface area contributed by atoms with Crippen molar-refractivity contribution in [1.29, 1.82) is 0 Å². The number of hydrogen-bond acceptors (Lipinski definition) is 3. The molecule has 0 saturated heterocycles. The minimum Gasteiger partial charge on any atom is -0.353 e. The Balaban J connectivity index is 1.39. The van der Waals surface area contributed by atoms with Crippen LogP contribution in [-0.2, 0) is 19.4 Å². The van der Waals surface area contributed by atoms with Gasteiger partial charge in [-0.2, -0.15) is 5.10 Å². The molecule has 0 spiro atoms. The summed E-state index contributed by atoms with van der Waals surface area (Å²) in [5.74, 6) is 0.821. The molecule has 152 valence electrons. The van der Waals surface area contributed by atoms with Crippen LogP contribution < -0.4 is 10.6 Å². The maximum absolute atomic E-state index is 4.78. The average Bonchev–Trinajstić information content (AvgIpc) is 3.41. The second-order valence-corrected chi connectivity index (χ2v) is 7.78. The lowest BCUT2D eigenvalue weighted by molar-refractivity contribution is 0.499. The molecule has 3 aromatic rings. The van der Waals surface area contributed by atoms with E-state index in [0.29, 0.717) is 18.6 Å². The van der Waals surface area contributed by atoms with Gasteiger partial charge in [0.25, 0.3) is 0 Å². The number of aromatic nitrogens is 4. The molecule has 7 nitrogen and oxygen atoms in total.